The smallest absolute Gasteiger partial charge is 0.365 e. The van der Waals surface area contributed by atoms with Gasteiger partial charge in [0.25, 0.3) is 0 Å². The van der Waals surface area contributed by atoms with Crippen molar-refractivity contribution in [3.05, 3.63) is 46.2 Å². The van der Waals surface area contributed by atoms with Crippen LogP contribution in [0.5, 0.6) is 0 Å². The van der Waals surface area contributed by atoms with Gasteiger partial charge in [0.05, 0.1) is 18.8 Å². The van der Waals surface area contributed by atoms with Crippen LogP contribution in [0.2, 0.25) is 0 Å². The van der Waals surface area contributed by atoms with E-state index in [4.69, 9.17) is 9.47 Å². The van der Waals surface area contributed by atoms with Crippen molar-refractivity contribution in [3.63, 3.8) is 0 Å². The van der Waals surface area contributed by atoms with Crippen molar-refractivity contribution in [1.82, 2.24) is 4.90 Å². The first-order valence-electron chi connectivity index (χ1n) is 6.33. The summed E-state index contributed by atoms with van der Waals surface area (Å²) in [5, 5.41) is 0. The van der Waals surface area contributed by atoms with Gasteiger partial charge in [0, 0.05) is 23.8 Å². The number of hydrogen-bond acceptors (Lipinski definition) is 5. The number of benzene rings is 1. The number of halogens is 1. The Morgan fingerprint density at radius 3 is 2.75 bits per heavy atom. The van der Waals surface area contributed by atoms with E-state index in [2.05, 4.69) is 20.9 Å². The van der Waals surface area contributed by atoms with Gasteiger partial charge in [-0.3, -0.25) is 0 Å². The van der Waals surface area contributed by atoms with E-state index in [0.717, 1.165) is 23.1 Å². The van der Waals surface area contributed by atoms with Crippen molar-refractivity contribution in [2.24, 2.45) is 4.99 Å². The summed E-state index contributed by atoms with van der Waals surface area (Å²) in [6.07, 6.45) is 1.74. The number of carbonyl (C=O) groups is 1. The minimum absolute atomic E-state index is 0.331. The normalized spacial score (nSPS) is 21.1. The van der Waals surface area contributed by atoms with Gasteiger partial charge in [-0.05, 0) is 28.1 Å². The van der Waals surface area contributed by atoms with Gasteiger partial charge in [0.2, 0.25) is 5.90 Å². The molecule has 0 unspecified atom stereocenters. The van der Waals surface area contributed by atoms with Gasteiger partial charge >= 0.3 is 5.97 Å². The maximum absolute atomic E-state index is 11.9. The number of nitrogens with zero attached hydrogens (tertiary/aromatic N) is 2. The summed E-state index contributed by atoms with van der Waals surface area (Å²) in [7, 11) is 0. The van der Waals surface area contributed by atoms with E-state index in [-0.39, 0.29) is 0 Å². The molecule has 0 amide bonds. The fourth-order valence-electron chi connectivity index (χ4n) is 2.03. The Bertz CT molecular complexity index is 592. The molecule has 1 fully saturated rings. The molecule has 0 N–H and O–H groups in total. The molecule has 20 heavy (non-hydrogen) atoms. The zero-order valence-corrected chi connectivity index (χ0v) is 12.3. The highest BCUT2D eigenvalue weighted by atomic mass is 79.9. The zero-order chi connectivity index (χ0) is 13.9. The maximum Gasteiger partial charge on any atom is 0.365 e. The lowest BCUT2D eigenvalue weighted by molar-refractivity contribution is -0.130. The first kappa shape index (κ1) is 13.3. The molecule has 1 aromatic carbocycles. The topological polar surface area (TPSA) is 51.1 Å². The van der Waals surface area contributed by atoms with Gasteiger partial charge in [-0.1, -0.05) is 12.1 Å². The van der Waals surface area contributed by atoms with E-state index in [9.17, 15) is 4.79 Å². The molecule has 1 aromatic rings. The predicted molar refractivity (Wildman–Crippen MR) is 77.2 cm³/mol. The molecule has 0 spiro atoms. The largest absolute Gasteiger partial charge is 0.402 e. The molecule has 0 bridgehead atoms. The van der Waals surface area contributed by atoms with Crippen molar-refractivity contribution in [2.45, 2.75) is 0 Å². The average Bonchev–Trinajstić information content (AvgIpc) is 2.81. The lowest BCUT2D eigenvalue weighted by Gasteiger charge is -2.24. The molecule has 2 aliphatic heterocycles. The Morgan fingerprint density at radius 1 is 1.25 bits per heavy atom. The molecule has 0 aliphatic carbocycles. The molecule has 2 aliphatic rings. The molecular weight excluding hydrogens is 324 g/mol. The second kappa shape index (κ2) is 5.76. The van der Waals surface area contributed by atoms with Crippen molar-refractivity contribution in [1.29, 1.82) is 0 Å². The van der Waals surface area contributed by atoms with E-state index < -0.39 is 5.97 Å². The van der Waals surface area contributed by atoms with Crippen molar-refractivity contribution >= 4 is 27.8 Å². The van der Waals surface area contributed by atoms with Crippen molar-refractivity contribution in [3.8, 4) is 0 Å². The van der Waals surface area contributed by atoms with Crippen LogP contribution in [0, 0.1) is 0 Å². The predicted octanol–water partition coefficient (Wildman–Crippen LogP) is 1.93. The molecule has 5 nitrogen and oxygen atoms in total. The molecule has 104 valence electrons. The number of esters is 1. The summed E-state index contributed by atoms with van der Waals surface area (Å²) in [4.78, 5) is 18.2. The fraction of sp³-hybridized carbons (Fsp3) is 0.286. The van der Waals surface area contributed by atoms with Gasteiger partial charge in [0.1, 0.15) is 0 Å². The van der Waals surface area contributed by atoms with Gasteiger partial charge < -0.3 is 14.4 Å². The van der Waals surface area contributed by atoms with Crippen LogP contribution in [-0.2, 0) is 14.3 Å². The van der Waals surface area contributed by atoms with Gasteiger partial charge in [-0.15, -0.1) is 0 Å². The van der Waals surface area contributed by atoms with Crippen molar-refractivity contribution < 1.29 is 14.3 Å². The van der Waals surface area contributed by atoms with E-state index >= 15 is 0 Å². The molecule has 2 heterocycles. The first-order valence-corrected chi connectivity index (χ1v) is 7.13. The third-order valence-corrected chi connectivity index (χ3v) is 3.77. The lowest BCUT2D eigenvalue weighted by Crippen LogP contribution is -2.32. The lowest BCUT2D eigenvalue weighted by atomic mass is 10.2. The molecule has 0 saturated carbocycles. The Hall–Kier alpha value is -1.66. The number of morpholine rings is 1. The Labute approximate surface area is 125 Å². The number of ether oxygens (including phenoxy) is 2. The van der Waals surface area contributed by atoms with Crippen LogP contribution in [0.15, 0.2) is 45.6 Å². The molecule has 3 rings (SSSR count). The molecule has 6 heteroatoms. The highest BCUT2D eigenvalue weighted by molar-refractivity contribution is 9.10. The second-order valence-corrected chi connectivity index (χ2v) is 5.30. The van der Waals surface area contributed by atoms with Crippen molar-refractivity contribution in [2.75, 3.05) is 26.3 Å². The molecule has 0 radical (unpaired) electrons. The van der Waals surface area contributed by atoms with Crippen LogP contribution in [0.3, 0.4) is 0 Å². The summed E-state index contributed by atoms with van der Waals surface area (Å²) in [5.41, 5.74) is 1.10. The number of hydrogen-bond donors (Lipinski definition) is 0. The molecule has 0 atom stereocenters. The van der Waals surface area contributed by atoms with E-state index in [1.165, 1.54) is 0 Å². The number of aliphatic imine (C=N–C) groups is 1. The van der Waals surface area contributed by atoms with Gasteiger partial charge in [-0.25, -0.2) is 9.79 Å². The Kier molecular flexibility index (Phi) is 3.84. The third-order valence-electron chi connectivity index (χ3n) is 3.08. The molecular formula is C14H13BrN2O3. The third kappa shape index (κ3) is 2.76. The molecule has 1 saturated heterocycles. The fourth-order valence-corrected chi connectivity index (χ4v) is 2.48. The van der Waals surface area contributed by atoms with Crippen LogP contribution < -0.4 is 0 Å². The number of rotatable bonds is 2. The maximum atomic E-state index is 11.9. The van der Waals surface area contributed by atoms with Crippen LogP contribution in [0.1, 0.15) is 5.56 Å². The first-order chi connectivity index (χ1) is 9.74. The minimum Gasteiger partial charge on any atom is -0.402 e. The van der Waals surface area contributed by atoms with Crippen LogP contribution in [0.4, 0.5) is 0 Å². The highest BCUT2D eigenvalue weighted by Gasteiger charge is 2.26. The Morgan fingerprint density at radius 2 is 2.00 bits per heavy atom. The average molecular weight is 337 g/mol. The van der Waals surface area contributed by atoms with Crippen LogP contribution in [0.25, 0.3) is 0 Å². The van der Waals surface area contributed by atoms with E-state index in [1.54, 1.807) is 6.20 Å². The summed E-state index contributed by atoms with van der Waals surface area (Å²) in [6, 6.07) is 7.51. The summed E-state index contributed by atoms with van der Waals surface area (Å²) in [5.74, 6) is -0.0794. The molecule has 0 aromatic heterocycles. The van der Waals surface area contributed by atoms with Gasteiger partial charge in [-0.2, -0.15) is 0 Å². The number of carbonyl (C=O) groups excluding carboxylic acids is 1. The monoisotopic (exact) mass is 336 g/mol. The van der Waals surface area contributed by atoms with Crippen LogP contribution in [-0.4, -0.2) is 43.1 Å². The van der Waals surface area contributed by atoms with E-state index in [0.29, 0.717) is 24.8 Å². The SMILES string of the molecule is O=C1OC(c2ccccc2Br)=NC1=CN1CCOCC1. The summed E-state index contributed by atoms with van der Waals surface area (Å²) >= 11 is 3.43. The quantitative estimate of drug-likeness (QED) is 0.611. The standard InChI is InChI=1S/C14H13BrN2O3/c15-11-4-2-1-3-10(11)13-16-12(14(18)20-13)9-17-5-7-19-8-6-17/h1-4,9H,5-8H2. The highest BCUT2D eigenvalue weighted by Crippen LogP contribution is 2.23. The second-order valence-electron chi connectivity index (χ2n) is 4.45. The van der Waals surface area contributed by atoms with E-state index in [1.807, 2.05) is 29.2 Å². The summed E-state index contributed by atoms with van der Waals surface area (Å²) < 4.78 is 11.4. The minimum atomic E-state index is -0.415. The summed E-state index contributed by atoms with van der Waals surface area (Å²) in [6.45, 7) is 2.85. The Balaban J connectivity index is 1.85. The zero-order valence-electron chi connectivity index (χ0n) is 10.7. The number of cyclic esters (lactones) is 1. The van der Waals surface area contributed by atoms with Crippen LogP contribution >= 0.6 is 15.9 Å². The van der Waals surface area contributed by atoms with Gasteiger partial charge in [0.15, 0.2) is 5.70 Å².